The molecule has 0 atom stereocenters. The van der Waals surface area contributed by atoms with Crippen LogP contribution in [-0.4, -0.2) is 37.5 Å². The van der Waals surface area contributed by atoms with E-state index in [1.54, 1.807) is 24.3 Å². The molecule has 2 aromatic carbocycles. The highest BCUT2D eigenvalue weighted by atomic mass is 19.4. The maximum absolute atomic E-state index is 12.7. The predicted molar refractivity (Wildman–Crippen MR) is 110 cm³/mol. The second-order valence-corrected chi connectivity index (χ2v) is 6.70. The van der Waals surface area contributed by atoms with E-state index in [4.69, 9.17) is 9.47 Å². The van der Waals surface area contributed by atoms with Crippen LogP contribution in [0.2, 0.25) is 0 Å². The number of amides is 2. The number of esters is 1. The quantitative estimate of drug-likeness (QED) is 0.423. The number of benzene rings is 2. The zero-order chi connectivity index (χ0) is 23.6. The minimum atomic E-state index is -4.55. The molecule has 10 heteroatoms. The van der Waals surface area contributed by atoms with Crippen molar-refractivity contribution in [3.63, 3.8) is 0 Å². The van der Waals surface area contributed by atoms with Gasteiger partial charge in [0.25, 0.3) is 11.8 Å². The Hall–Kier alpha value is -3.56. The highest BCUT2D eigenvalue weighted by Gasteiger charge is 2.30. The van der Waals surface area contributed by atoms with Crippen LogP contribution in [0.1, 0.15) is 35.7 Å². The minimum Gasteiger partial charge on any atom is -0.494 e. The van der Waals surface area contributed by atoms with Crippen molar-refractivity contribution in [2.45, 2.75) is 25.9 Å². The third-order valence-corrected chi connectivity index (χ3v) is 4.11. The van der Waals surface area contributed by atoms with E-state index in [2.05, 4.69) is 10.6 Å². The number of anilines is 1. The van der Waals surface area contributed by atoms with Gasteiger partial charge in [-0.3, -0.25) is 14.4 Å². The molecule has 0 unspecified atom stereocenters. The average Bonchev–Trinajstić information content (AvgIpc) is 2.76. The van der Waals surface area contributed by atoms with Crippen LogP contribution in [0.4, 0.5) is 18.9 Å². The molecule has 32 heavy (non-hydrogen) atoms. The summed E-state index contributed by atoms with van der Waals surface area (Å²) in [5.41, 5.74) is -0.699. The third kappa shape index (κ3) is 8.29. The maximum atomic E-state index is 12.7. The number of halogens is 3. The van der Waals surface area contributed by atoms with E-state index in [1.807, 2.05) is 6.92 Å². The first kappa shape index (κ1) is 24.7. The van der Waals surface area contributed by atoms with Gasteiger partial charge in [-0.1, -0.05) is 19.4 Å². The molecule has 2 N–H and O–H groups in total. The van der Waals surface area contributed by atoms with Gasteiger partial charge in [-0.2, -0.15) is 13.2 Å². The topological polar surface area (TPSA) is 93.7 Å². The summed E-state index contributed by atoms with van der Waals surface area (Å²) < 4.78 is 48.3. The van der Waals surface area contributed by atoms with Gasteiger partial charge in [-0.15, -0.1) is 0 Å². The van der Waals surface area contributed by atoms with Crippen LogP contribution in [0.25, 0.3) is 0 Å². The fourth-order valence-electron chi connectivity index (χ4n) is 2.46. The fraction of sp³-hybridized carbons (Fsp3) is 0.318. The zero-order valence-electron chi connectivity index (χ0n) is 17.3. The van der Waals surface area contributed by atoms with Crippen LogP contribution < -0.4 is 15.4 Å². The Kier molecular flexibility index (Phi) is 9.06. The number of hydrogen-bond donors (Lipinski definition) is 2. The van der Waals surface area contributed by atoms with Crippen molar-refractivity contribution < 1.29 is 37.0 Å². The van der Waals surface area contributed by atoms with E-state index in [0.717, 1.165) is 31.0 Å². The summed E-state index contributed by atoms with van der Waals surface area (Å²) in [7, 11) is 0. The number of alkyl halides is 3. The van der Waals surface area contributed by atoms with Crippen LogP contribution in [0, 0.1) is 0 Å². The molecule has 172 valence electrons. The fourth-order valence-corrected chi connectivity index (χ4v) is 2.46. The molecular weight excluding hydrogens is 429 g/mol. The van der Waals surface area contributed by atoms with Gasteiger partial charge in [-0.25, -0.2) is 0 Å². The molecule has 2 amide bonds. The molecule has 0 bridgehead atoms. The van der Waals surface area contributed by atoms with Crippen molar-refractivity contribution in [2.24, 2.45) is 0 Å². The third-order valence-electron chi connectivity index (χ3n) is 4.11. The minimum absolute atomic E-state index is 0.0868. The lowest BCUT2D eigenvalue weighted by atomic mass is 10.2. The SMILES string of the molecule is CCCCOc1ccc(C(=O)NCC(=O)OCC(=O)Nc2cccc(C(F)(F)F)c2)cc1. The Morgan fingerprint density at radius 1 is 1.03 bits per heavy atom. The largest absolute Gasteiger partial charge is 0.494 e. The average molecular weight is 452 g/mol. The summed E-state index contributed by atoms with van der Waals surface area (Å²) in [6, 6.07) is 10.4. The van der Waals surface area contributed by atoms with Gasteiger partial charge in [0.05, 0.1) is 12.2 Å². The summed E-state index contributed by atoms with van der Waals surface area (Å²) in [5.74, 6) is -1.59. The second kappa shape index (κ2) is 11.7. The Balaban J connectivity index is 1.73. The molecular formula is C22H23F3N2O5. The Morgan fingerprint density at radius 3 is 2.41 bits per heavy atom. The van der Waals surface area contributed by atoms with Gasteiger partial charge in [0.2, 0.25) is 0 Å². The van der Waals surface area contributed by atoms with Gasteiger partial charge >= 0.3 is 12.1 Å². The summed E-state index contributed by atoms with van der Waals surface area (Å²) in [6.45, 7) is 1.43. The van der Waals surface area contributed by atoms with Gasteiger partial charge in [0, 0.05) is 11.3 Å². The Bertz CT molecular complexity index is 930. The summed E-state index contributed by atoms with van der Waals surface area (Å²) in [5, 5.41) is 4.57. The molecule has 0 aliphatic rings. The Labute approximate surface area is 182 Å². The van der Waals surface area contributed by atoms with E-state index in [9.17, 15) is 27.6 Å². The number of unbranched alkanes of at least 4 members (excludes halogenated alkanes) is 1. The van der Waals surface area contributed by atoms with Crippen LogP contribution in [0.5, 0.6) is 5.75 Å². The number of rotatable bonds is 10. The summed E-state index contributed by atoms with van der Waals surface area (Å²) >= 11 is 0. The highest BCUT2D eigenvalue weighted by molar-refractivity contribution is 5.96. The van der Waals surface area contributed by atoms with Crippen molar-refractivity contribution in [2.75, 3.05) is 25.1 Å². The van der Waals surface area contributed by atoms with E-state index in [0.29, 0.717) is 17.9 Å². The molecule has 2 aromatic rings. The standard InChI is InChI=1S/C22H23F3N2O5/c1-2-3-11-31-18-9-7-15(8-10-18)21(30)26-13-20(29)32-14-19(28)27-17-6-4-5-16(12-17)22(23,24)25/h4-10,12H,2-3,11,13-14H2,1H3,(H,26,30)(H,27,28). The van der Waals surface area contributed by atoms with Crippen LogP contribution >= 0.6 is 0 Å². The number of ether oxygens (including phenoxy) is 2. The first-order valence-corrected chi connectivity index (χ1v) is 9.83. The van der Waals surface area contributed by atoms with Gasteiger partial charge < -0.3 is 20.1 Å². The van der Waals surface area contributed by atoms with Gasteiger partial charge in [0.1, 0.15) is 12.3 Å². The zero-order valence-corrected chi connectivity index (χ0v) is 17.3. The number of hydrogen-bond acceptors (Lipinski definition) is 5. The van der Waals surface area contributed by atoms with E-state index < -0.39 is 42.7 Å². The van der Waals surface area contributed by atoms with E-state index in [-0.39, 0.29) is 5.69 Å². The van der Waals surface area contributed by atoms with Crippen molar-refractivity contribution in [1.82, 2.24) is 5.32 Å². The smallest absolute Gasteiger partial charge is 0.416 e. The summed E-state index contributed by atoms with van der Waals surface area (Å²) in [4.78, 5) is 35.6. The lowest BCUT2D eigenvalue weighted by Gasteiger charge is -2.10. The molecule has 7 nitrogen and oxygen atoms in total. The van der Waals surface area contributed by atoms with Crippen molar-refractivity contribution in [3.05, 3.63) is 59.7 Å². The Morgan fingerprint density at radius 2 is 1.75 bits per heavy atom. The normalized spacial score (nSPS) is 10.9. The van der Waals surface area contributed by atoms with Crippen molar-refractivity contribution in [3.8, 4) is 5.75 Å². The molecule has 0 saturated heterocycles. The monoisotopic (exact) mass is 452 g/mol. The van der Waals surface area contributed by atoms with Crippen LogP contribution in [-0.2, 0) is 20.5 Å². The molecule has 0 saturated carbocycles. The number of nitrogens with one attached hydrogen (secondary N) is 2. The molecule has 0 aliphatic carbocycles. The number of carbonyl (C=O) groups is 3. The first-order chi connectivity index (χ1) is 15.2. The first-order valence-electron chi connectivity index (χ1n) is 9.83. The summed E-state index contributed by atoms with van der Waals surface area (Å²) in [6.07, 6.45) is -2.63. The lowest BCUT2D eigenvalue weighted by molar-refractivity contribution is -0.146. The molecule has 0 fully saturated rings. The molecule has 2 rings (SSSR count). The highest BCUT2D eigenvalue weighted by Crippen LogP contribution is 2.30. The molecule has 0 radical (unpaired) electrons. The molecule has 0 aromatic heterocycles. The number of carbonyl (C=O) groups excluding carboxylic acids is 3. The predicted octanol–water partition coefficient (Wildman–Crippen LogP) is 3.80. The van der Waals surface area contributed by atoms with Gasteiger partial charge in [-0.05, 0) is 48.9 Å². The van der Waals surface area contributed by atoms with E-state index >= 15 is 0 Å². The second-order valence-electron chi connectivity index (χ2n) is 6.70. The van der Waals surface area contributed by atoms with Crippen LogP contribution in [0.15, 0.2) is 48.5 Å². The van der Waals surface area contributed by atoms with Crippen molar-refractivity contribution >= 4 is 23.5 Å². The van der Waals surface area contributed by atoms with E-state index in [1.165, 1.54) is 6.07 Å². The maximum Gasteiger partial charge on any atom is 0.416 e. The van der Waals surface area contributed by atoms with Crippen molar-refractivity contribution in [1.29, 1.82) is 0 Å². The molecule has 0 spiro atoms. The molecule has 0 aliphatic heterocycles. The van der Waals surface area contributed by atoms with Crippen LogP contribution in [0.3, 0.4) is 0 Å². The molecule has 0 heterocycles. The lowest BCUT2D eigenvalue weighted by Crippen LogP contribution is -2.32. The van der Waals surface area contributed by atoms with Gasteiger partial charge in [0.15, 0.2) is 6.61 Å².